The van der Waals surface area contributed by atoms with Gasteiger partial charge in [0.1, 0.15) is 6.61 Å². The Labute approximate surface area is 286 Å². The van der Waals surface area contributed by atoms with E-state index in [2.05, 4.69) is 62.5 Å². The van der Waals surface area contributed by atoms with Crippen LogP contribution in [0.4, 0.5) is 0 Å². The van der Waals surface area contributed by atoms with Crippen LogP contribution in [0.2, 0.25) is 0 Å². The van der Waals surface area contributed by atoms with E-state index in [1.165, 1.54) is 38.5 Å². The molecule has 0 amide bonds. The van der Waals surface area contributed by atoms with Crippen LogP contribution >= 0.6 is 7.82 Å². The number of phosphoric acid groups is 1. The van der Waals surface area contributed by atoms with Crippen LogP contribution in [0, 0.1) is 0 Å². The van der Waals surface area contributed by atoms with E-state index in [-0.39, 0.29) is 26.1 Å². The highest BCUT2D eigenvalue weighted by Gasteiger charge is 2.25. The molecule has 0 rings (SSSR count). The Morgan fingerprint density at radius 2 is 1.13 bits per heavy atom. The molecule has 0 aliphatic rings. The minimum Gasteiger partial charge on any atom is -0.462 e. The van der Waals surface area contributed by atoms with E-state index in [1.54, 1.807) is 6.92 Å². The molecule has 0 heterocycles. The van der Waals surface area contributed by atoms with E-state index in [0.717, 1.165) is 64.2 Å². The van der Waals surface area contributed by atoms with Gasteiger partial charge in [-0.2, -0.15) is 0 Å². The Kier molecular flexibility index (Phi) is 32.0. The van der Waals surface area contributed by atoms with Crippen molar-refractivity contribution in [2.75, 3.05) is 19.8 Å². The van der Waals surface area contributed by atoms with Gasteiger partial charge in [-0.3, -0.25) is 18.6 Å². The second kappa shape index (κ2) is 33.6. The van der Waals surface area contributed by atoms with E-state index in [4.69, 9.17) is 18.5 Å². The summed E-state index contributed by atoms with van der Waals surface area (Å²) in [5.41, 5.74) is 0. The number of esters is 2. The van der Waals surface area contributed by atoms with E-state index >= 15 is 0 Å². The molecule has 0 aromatic rings. The Morgan fingerprint density at radius 3 is 1.72 bits per heavy atom. The molecule has 0 aromatic carbocycles. The van der Waals surface area contributed by atoms with Crippen LogP contribution in [0.3, 0.4) is 0 Å². The maximum absolute atomic E-state index is 12.4. The predicted molar refractivity (Wildman–Crippen MR) is 193 cm³/mol. The average molecular weight is 681 g/mol. The van der Waals surface area contributed by atoms with Crippen LogP contribution in [0.5, 0.6) is 0 Å². The average Bonchev–Trinajstić information content (AvgIpc) is 3.04. The molecule has 2 unspecified atom stereocenters. The third-order valence-corrected chi connectivity index (χ3v) is 8.13. The number of unbranched alkanes of at least 4 members (excludes halogenated alkanes) is 10. The summed E-state index contributed by atoms with van der Waals surface area (Å²) in [4.78, 5) is 34.5. The van der Waals surface area contributed by atoms with Crippen LogP contribution in [0.15, 0.2) is 60.8 Å². The Morgan fingerprint density at radius 1 is 0.596 bits per heavy atom. The lowest BCUT2D eigenvalue weighted by Crippen LogP contribution is -2.29. The number of hydrogen-bond donors (Lipinski definition) is 1. The van der Waals surface area contributed by atoms with Gasteiger partial charge >= 0.3 is 19.8 Å². The maximum Gasteiger partial charge on any atom is 0.472 e. The summed E-state index contributed by atoms with van der Waals surface area (Å²) < 4.78 is 32.4. The number of phosphoric ester groups is 1. The largest absolute Gasteiger partial charge is 0.472 e. The zero-order chi connectivity index (χ0) is 34.7. The van der Waals surface area contributed by atoms with Crippen molar-refractivity contribution in [2.45, 2.75) is 149 Å². The smallest absolute Gasteiger partial charge is 0.462 e. The van der Waals surface area contributed by atoms with Crippen LogP contribution < -0.4 is 0 Å². The first-order valence-electron chi connectivity index (χ1n) is 18.1. The quantitative estimate of drug-likeness (QED) is 0.0324. The van der Waals surface area contributed by atoms with Crippen LogP contribution in [0.1, 0.15) is 143 Å². The van der Waals surface area contributed by atoms with Crippen molar-refractivity contribution < 1.29 is 37.6 Å². The van der Waals surface area contributed by atoms with Crippen LogP contribution in [-0.4, -0.2) is 42.8 Å². The molecule has 0 saturated carbocycles. The molecule has 0 saturated heterocycles. The molecule has 0 spiro atoms. The fraction of sp³-hybridized carbons (Fsp3) is 0.684. The fourth-order valence-corrected chi connectivity index (χ4v) is 5.21. The highest BCUT2D eigenvalue weighted by atomic mass is 31.2. The summed E-state index contributed by atoms with van der Waals surface area (Å²) in [5, 5.41) is 0. The van der Waals surface area contributed by atoms with Crippen molar-refractivity contribution in [3.63, 3.8) is 0 Å². The molecule has 0 aliphatic heterocycles. The molecule has 0 bridgehead atoms. The van der Waals surface area contributed by atoms with E-state index in [0.29, 0.717) is 6.42 Å². The Balaban J connectivity index is 4.31. The van der Waals surface area contributed by atoms with Gasteiger partial charge in [-0.1, -0.05) is 120 Å². The van der Waals surface area contributed by atoms with Crippen molar-refractivity contribution in [3.8, 4) is 0 Å². The van der Waals surface area contributed by atoms with E-state index in [9.17, 15) is 19.0 Å². The minimum absolute atomic E-state index is 0.0159. The first kappa shape index (κ1) is 44.8. The van der Waals surface area contributed by atoms with Crippen LogP contribution in [-0.2, 0) is 32.7 Å². The summed E-state index contributed by atoms with van der Waals surface area (Å²) in [7, 11) is -4.29. The van der Waals surface area contributed by atoms with Gasteiger partial charge in [-0.05, 0) is 71.1 Å². The lowest BCUT2D eigenvalue weighted by atomic mass is 10.1. The summed E-state index contributed by atoms with van der Waals surface area (Å²) in [6.07, 6.45) is 38.6. The number of ether oxygens (including phenoxy) is 2. The molecule has 9 heteroatoms. The molecule has 1 N–H and O–H groups in total. The van der Waals surface area contributed by atoms with Gasteiger partial charge < -0.3 is 14.4 Å². The van der Waals surface area contributed by atoms with Crippen molar-refractivity contribution >= 4 is 19.8 Å². The van der Waals surface area contributed by atoms with Crippen molar-refractivity contribution in [1.29, 1.82) is 0 Å². The van der Waals surface area contributed by atoms with Gasteiger partial charge in [0.25, 0.3) is 0 Å². The number of carbonyl (C=O) groups is 2. The summed E-state index contributed by atoms with van der Waals surface area (Å²) in [6.45, 7) is 5.22. The topological polar surface area (TPSA) is 108 Å². The predicted octanol–water partition coefficient (Wildman–Crippen LogP) is 10.8. The molecule has 0 aliphatic carbocycles. The van der Waals surface area contributed by atoms with Gasteiger partial charge in [-0.15, -0.1) is 0 Å². The summed E-state index contributed by atoms with van der Waals surface area (Å²) in [6, 6.07) is 0. The molecular weight excluding hydrogens is 615 g/mol. The zero-order valence-corrected chi connectivity index (χ0v) is 30.6. The fourth-order valence-electron chi connectivity index (χ4n) is 4.46. The van der Waals surface area contributed by atoms with Crippen LogP contribution in [0.25, 0.3) is 0 Å². The molecule has 2 atom stereocenters. The lowest BCUT2D eigenvalue weighted by molar-refractivity contribution is -0.161. The van der Waals surface area contributed by atoms with Gasteiger partial charge in [0.2, 0.25) is 0 Å². The molecule has 47 heavy (non-hydrogen) atoms. The molecule has 8 nitrogen and oxygen atoms in total. The van der Waals surface area contributed by atoms with Gasteiger partial charge in [-0.25, -0.2) is 4.57 Å². The van der Waals surface area contributed by atoms with Gasteiger partial charge in [0.15, 0.2) is 6.10 Å². The molecule has 0 fully saturated rings. The number of allylic oxidation sites excluding steroid dienone is 10. The second-order valence-electron chi connectivity index (χ2n) is 11.5. The minimum atomic E-state index is -4.29. The molecular formula is C38H65O8P. The zero-order valence-electron chi connectivity index (χ0n) is 29.7. The molecule has 0 radical (unpaired) electrons. The normalized spacial score (nSPS) is 14.2. The number of rotatable bonds is 32. The Hall–Kier alpha value is -2.25. The first-order valence-corrected chi connectivity index (χ1v) is 19.6. The monoisotopic (exact) mass is 680 g/mol. The summed E-state index contributed by atoms with van der Waals surface area (Å²) in [5.74, 6) is -0.909. The van der Waals surface area contributed by atoms with Gasteiger partial charge in [0.05, 0.1) is 13.2 Å². The molecule has 270 valence electrons. The number of hydrogen-bond acceptors (Lipinski definition) is 7. The highest BCUT2D eigenvalue weighted by molar-refractivity contribution is 7.47. The van der Waals surface area contributed by atoms with E-state index < -0.39 is 32.5 Å². The second-order valence-corrected chi connectivity index (χ2v) is 13.0. The highest BCUT2D eigenvalue weighted by Crippen LogP contribution is 2.43. The SMILES string of the molecule is CC/C=C\C/C=C\C/C=C\C/C=C\CCC(=O)OC(COC(=O)CCCCCCC/C=C\CCCCCCC)COP(=O)(O)OCC. The number of carbonyl (C=O) groups excluding carboxylic acids is 2. The van der Waals surface area contributed by atoms with E-state index in [1.807, 2.05) is 12.2 Å². The Bertz CT molecular complexity index is 953. The van der Waals surface area contributed by atoms with Crippen molar-refractivity contribution in [1.82, 2.24) is 0 Å². The standard InChI is InChI=1S/C38H65O8P/c1-4-7-9-11-13-15-17-19-21-22-24-26-28-30-32-37(39)43-34-36(35-45-47(41,42)44-6-3)46-38(40)33-31-29-27-25-23-20-18-16-14-12-10-8-5-2/h8,10,14,16-17,19-20,23,27,29,36H,4-7,9,11-13,15,18,21-22,24-26,28,30-35H2,1-3H3,(H,41,42)/b10-8-,16-14-,19-17-,23-20-,29-27-. The van der Waals surface area contributed by atoms with Gasteiger partial charge in [0, 0.05) is 12.8 Å². The molecule has 0 aromatic heterocycles. The third-order valence-electron chi connectivity index (χ3n) is 7.07. The third kappa shape index (κ3) is 33.4. The van der Waals surface area contributed by atoms with Crippen molar-refractivity contribution in [3.05, 3.63) is 60.8 Å². The van der Waals surface area contributed by atoms with Crippen molar-refractivity contribution in [2.24, 2.45) is 0 Å². The summed E-state index contributed by atoms with van der Waals surface area (Å²) >= 11 is 0. The first-order chi connectivity index (χ1) is 22.8. The lowest BCUT2D eigenvalue weighted by Gasteiger charge is -2.19. The maximum atomic E-state index is 12.4.